The first-order chi connectivity index (χ1) is 5.14. The smallest absolute Gasteiger partial charge is 0.151 e. The van der Waals surface area contributed by atoms with Gasteiger partial charge in [0.2, 0.25) is 0 Å². The molecule has 0 amide bonds. The highest BCUT2D eigenvalue weighted by molar-refractivity contribution is 5.61. The van der Waals surface area contributed by atoms with Gasteiger partial charge in [0, 0.05) is 6.42 Å². The van der Waals surface area contributed by atoms with Gasteiger partial charge in [-0.2, -0.15) is 0 Å². The summed E-state index contributed by atoms with van der Waals surface area (Å²) in [5.41, 5.74) is -0.453. The Morgan fingerprint density at radius 1 is 1.82 bits per heavy atom. The Kier molecular flexibility index (Phi) is 2.10. The molecule has 0 radical (unpaired) electrons. The summed E-state index contributed by atoms with van der Waals surface area (Å²) >= 11 is 0. The van der Waals surface area contributed by atoms with Gasteiger partial charge in [-0.25, -0.2) is 0 Å². The van der Waals surface area contributed by atoms with Gasteiger partial charge in [0.05, 0.1) is 12.5 Å². The number of aliphatic hydroxyl groups is 1. The lowest BCUT2D eigenvalue weighted by Crippen LogP contribution is -2.28. The molecule has 0 aromatic carbocycles. The van der Waals surface area contributed by atoms with E-state index in [4.69, 9.17) is 4.42 Å². The van der Waals surface area contributed by atoms with Crippen LogP contribution in [0.2, 0.25) is 0 Å². The molecule has 0 bridgehead atoms. The van der Waals surface area contributed by atoms with Gasteiger partial charge in [0.25, 0.3) is 0 Å². The van der Waals surface area contributed by atoms with E-state index in [9.17, 15) is 9.90 Å². The van der Waals surface area contributed by atoms with E-state index in [0.717, 1.165) is 5.56 Å². The minimum absolute atomic E-state index is 0.299. The molecule has 0 spiro atoms. The maximum Gasteiger partial charge on any atom is 0.151 e. The average molecular weight is 154 g/mol. The summed E-state index contributed by atoms with van der Waals surface area (Å²) in [6.07, 6.45) is 3.85. The predicted octanol–water partition coefficient (Wildman–Crippen LogP) is 0.772. The first-order valence-corrected chi connectivity index (χ1v) is 3.34. The van der Waals surface area contributed by atoms with Crippen LogP contribution in [0.4, 0.5) is 0 Å². The normalized spacial score (nSPS) is 15.8. The second-order valence-corrected chi connectivity index (χ2v) is 2.78. The second kappa shape index (κ2) is 2.88. The summed E-state index contributed by atoms with van der Waals surface area (Å²) < 4.78 is 4.78. The molecule has 1 atom stereocenters. The molecule has 0 saturated carbocycles. The van der Waals surface area contributed by atoms with Gasteiger partial charge in [-0.15, -0.1) is 0 Å². The molecule has 60 valence electrons. The quantitative estimate of drug-likeness (QED) is 0.654. The fraction of sp³-hybridized carbons (Fsp3) is 0.375. The molecule has 0 fully saturated rings. The van der Waals surface area contributed by atoms with Crippen LogP contribution < -0.4 is 0 Å². The van der Waals surface area contributed by atoms with Crippen LogP contribution in [-0.4, -0.2) is 17.0 Å². The Bertz CT molecular complexity index is 223. The molecule has 1 rings (SSSR count). The third-order valence-corrected chi connectivity index (χ3v) is 1.40. The van der Waals surface area contributed by atoms with E-state index in [1.54, 1.807) is 6.07 Å². The maximum atomic E-state index is 10.3. The number of furan rings is 1. The zero-order valence-electron chi connectivity index (χ0n) is 6.28. The van der Waals surface area contributed by atoms with Gasteiger partial charge in [-0.05, 0) is 18.6 Å². The molecule has 11 heavy (non-hydrogen) atoms. The molecule has 1 aromatic rings. The molecule has 3 nitrogen and oxygen atoms in total. The lowest BCUT2D eigenvalue weighted by Gasteiger charge is -2.12. The molecule has 3 heteroatoms. The number of aldehydes is 1. The van der Waals surface area contributed by atoms with Crippen molar-refractivity contribution in [1.82, 2.24) is 0 Å². The Morgan fingerprint density at radius 2 is 2.55 bits per heavy atom. The third-order valence-electron chi connectivity index (χ3n) is 1.40. The largest absolute Gasteiger partial charge is 0.472 e. The lowest BCUT2D eigenvalue weighted by atomic mass is 10.0. The third kappa shape index (κ3) is 2.20. The van der Waals surface area contributed by atoms with Crippen LogP contribution in [0.5, 0.6) is 0 Å². The first kappa shape index (κ1) is 8.01. The number of carbonyl (C=O) groups excluding carboxylic acids is 1. The molecule has 1 unspecified atom stereocenters. The summed E-state index contributed by atoms with van der Waals surface area (Å²) in [6, 6.07) is 1.72. The molecule has 0 aliphatic carbocycles. The van der Waals surface area contributed by atoms with Crippen molar-refractivity contribution in [2.45, 2.75) is 18.9 Å². The number of rotatable bonds is 3. The summed E-state index contributed by atoms with van der Waals surface area (Å²) in [4.78, 5) is 10.3. The van der Waals surface area contributed by atoms with E-state index < -0.39 is 5.60 Å². The van der Waals surface area contributed by atoms with Crippen molar-refractivity contribution in [3.05, 3.63) is 24.2 Å². The minimum Gasteiger partial charge on any atom is -0.472 e. The van der Waals surface area contributed by atoms with Crippen molar-refractivity contribution in [2.75, 3.05) is 0 Å². The zero-order valence-corrected chi connectivity index (χ0v) is 6.28. The van der Waals surface area contributed by atoms with E-state index in [2.05, 4.69) is 0 Å². The van der Waals surface area contributed by atoms with Crippen molar-refractivity contribution in [3.8, 4) is 0 Å². The Balaban J connectivity index is 2.63. The fourth-order valence-corrected chi connectivity index (χ4v) is 0.848. The first-order valence-electron chi connectivity index (χ1n) is 3.34. The van der Waals surface area contributed by atoms with Crippen molar-refractivity contribution in [3.63, 3.8) is 0 Å². The topological polar surface area (TPSA) is 50.4 Å². The van der Waals surface area contributed by atoms with Crippen molar-refractivity contribution in [2.24, 2.45) is 0 Å². The molecular weight excluding hydrogens is 144 g/mol. The second-order valence-electron chi connectivity index (χ2n) is 2.78. The highest BCUT2D eigenvalue weighted by Crippen LogP contribution is 2.10. The highest BCUT2D eigenvalue weighted by atomic mass is 16.3. The molecule has 1 heterocycles. The maximum absolute atomic E-state index is 10.3. The van der Waals surface area contributed by atoms with E-state index in [-0.39, 0.29) is 0 Å². The summed E-state index contributed by atoms with van der Waals surface area (Å²) in [6.45, 7) is 1.47. The standard InChI is InChI=1S/C8H10O3/c1-8(10,6-9)4-7-2-3-11-5-7/h2-3,5-6,10H,4H2,1H3. The predicted molar refractivity (Wildman–Crippen MR) is 39.1 cm³/mol. The zero-order chi connectivity index (χ0) is 8.32. The van der Waals surface area contributed by atoms with Crippen LogP contribution in [0.25, 0.3) is 0 Å². The van der Waals surface area contributed by atoms with Gasteiger partial charge in [-0.1, -0.05) is 0 Å². The molecular formula is C8H10O3. The molecule has 1 aromatic heterocycles. The minimum atomic E-state index is -1.27. The van der Waals surface area contributed by atoms with E-state index in [0.29, 0.717) is 12.7 Å². The molecule has 0 saturated heterocycles. The van der Waals surface area contributed by atoms with Crippen LogP contribution in [0.3, 0.4) is 0 Å². The lowest BCUT2D eigenvalue weighted by molar-refractivity contribution is -0.122. The Hall–Kier alpha value is -1.09. The van der Waals surface area contributed by atoms with Gasteiger partial charge in [0.1, 0.15) is 5.60 Å². The average Bonchev–Trinajstić information content (AvgIpc) is 2.39. The van der Waals surface area contributed by atoms with Gasteiger partial charge in [-0.3, -0.25) is 0 Å². The number of hydrogen-bond acceptors (Lipinski definition) is 3. The van der Waals surface area contributed by atoms with Crippen LogP contribution in [0.1, 0.15) is 12.5 Å². The van der Waals surface area contributed by atoms with Gasteiger partial charge < -0.3 is 14.3 Å². The van der Waals surface area contributed by atoms with E-state index in [1.807, 2.05) is 0 Å². The fourth-order valence-electron chi connectivity index (χ4n) is 0.848. The van der Waals surface area contributed by atoms with E-state index >= 15 is 0 Å². The highest BCUT2D eigenvalue weighted by Gasteiger charge is 2.19. The SMILES string of the molecule is CC(O)(C=O)Cc1ccoc1. The van der Waals surface area contributed by atoms with Crippen LogP contribution in [0.15, 0.2) is 23.0 Å². The van der Waals surface area contributed by atoms with Gasteiger partial charge in [0.15, 0.2) is 6.29 Å². The summed E-state index contributed by atoms with van der Waals surface area (Å²) in [5.74, 6) is 0. The molecule has 1 N–H and O–H groups in total. The molecule has 0 aliphatic heterocycles. The monoisotopic (exact) mass is 154 g/mol. The van der Waals surface area contributed by atoms with Crippen LogP contribution in [0, 0.1) is 0 Å². The van der Waals surface area contributed by atoms with Crippen LogP contribution in [-0.2, 0) is 11.2 Å². The van der Waals surface area contributed by atoms with Crippen molar-refractivity contribution in [1.29, 1.82) is 0 Å². The van der Waals surface area contributed by atoms with Crippen LogP contribution >= 0.6 is 0 Å². The van der Waals surface area contributed by atoms with Crippen molar-refractivity contribution < 1.29 is 14.3 Å². The Labute approximate surface area is 64.6 Å². The Morgan fingerprint density at radius 3 is 3.00 bits per heavy atom. The van der Waals surface area contributed by atoms with Gasteiger partial charge >= 0.3 is 0 Å². The summed E-state index contributed by atoms with van der Waals surface area (Å²) in [7, 11) is 0. The summed E-state index contributed by atoms with van der Waals surface area (Å²) in [5, 5.41) is 9.29. The molecule has 0 aliphatic rings. The number of hydrogen-bond donors (Lipinski definition) is 1. The van der Waals surface area contributed by atoms with E-state index in [1.165, 1.54) is 19.5 Å². The van der Waals surface area contributed by atoms with Crippen molar-refractivity contribution >= 4 is 6.29 Å². The number of carbonyl (C=O) groups is 1.